The quantitative estimate of drug-likeness (QED) is 0.676. The number of ether oxygens (including phenoxy) is 2. The average Bonchev–Trinajstić information content (AvgIpc) is 3.35. The molecule has 3 aromatic rings. The first-order valence-electron chi connectivity index (χ1n) is 9.39. The van der Waals surface area contributed by atoms with Crippen molar-refractivity contribution in [2.75, 3.05) is 24.8 Å². The van der Waals surface area contributed by atoms with Crippen molar-refractivity contribution in [1.82, 2.24) is 4.90 Å². The van der Waals surface area contributed by atoms with Crippen molar-refractivity contribution in [3.63, 3.8) is 0 Å². The van der Waals surface area contributed by atoms with E-state index < -0.39 is 0 Å². The Hall–Kier alpha value is -3.47. The summed E-state index contributed by atoms with van der Waals surface area (Å²) < 4.78 is 10.8. The summed E-state index contributed by atoms with van der Waals surface area (Å²) in [5.41, 5.74) is 4.32. The van der Waals surface area contributed by atoms with Crippen LogP contribution in [-0.2, 0) is 6.54 Å². The number of carbonyl (C=O) groups is 1. The smallest absolute Gasteiger partial charge is 0.324 e. The molecule has 0 aromatic heterocycles. The molecule has 5 heteroatoms. The molecular weight excluding hydrogens is 352 g/mol. The summed E-state index contributed by atoms with van der Waals surface area (Å²) in [7, 11) is 0. The van der Waals surface area contributed by atoms with Crippen molar-refractivity contribution in [3.8, 4) is 22.6 Å². The molecule has 0 radical (unpaired) electrons. The van der Waals surface area contributed by atoms with Gasteiger partial charge in [0, 0.05) is 31.4 Å². The lowest BCUT2D eigenvalue weighted by Gasteiger charge is -2.20. The molecule has 2 aliphatic rings. The summed E-state index contributed by atoms with van der Waals surface area (Å²) in [5.74, 6) is 1.42. The number of benzene rings is 3. The molecule has 28 heavy (non-hydrogen) atoms. The second-order valence-corrected chi connectivity index (χ2v) is 6.92. The lowest BCUT2D eigenvalue weighted by Crippen LogP contribution is -2.31. The van der Waals surface area contributed by atoms with Gasteiger partial charge in [-0.2, -0.15) is 0 Å². The van der Waals surface area contributed by atoms with Crippen LogP contribution in [0.5, 0.6) is 11.5 Å². The highest BCUT2D eigenvalue weighted by Crippen LogP contribution is 2.36. The van der Waals surface area contributed by atoms with E-state index in [0.29, 0.717) is 25.4 Å². The second-order valence-electron chi connectivity index (χ2n) is 6.92. The Bertz CT molecular complexity index is 1020. The Morgan fingerprint density at radius 3 is 2.50 bits per heavy atom. The van der Waals surface area contributed by atoms with Crippen LogP contribution in [0.15, 0.2) is 72.8 Å². The van der Waals surface area contributed by atoms with Gasteiger partial charge >= 0.3 is 6.03 Å². The van der Waals surface area contributed by atoms with Crippen LogP contribution in [0, 0.1) is 0 Å². The molecule has 2 heterocycles. The number of anilines is 1. The zero-order chi connectivity index (χ0) is 18.9. The molecule has 1 fully saturated rings. The lowest BCUT2D eigenvalue weighted by atomic mass is 9.99. The van der Waals surface area contributed by atoms with Gasteiger partial charge in [0.15, 0.2) is 11.5 Å². The number of hydrogen-bond donors (Lipinski definition) is 0. The first-order valence-corrected chi connectivity index (χ1v) is 9.39. The fourth-order valence-electron chi connectivity index (χ4n) is 3.79. The predicted octanol–water partition coefficient (Wildman–Crippen LogP) is 4.52. The van der Waals surface area contributed by atoms with E-state index in [2.05, 4.69) is 24.3 Å². The van der Waals surface area contributed by atoms with E-state index in [1.807, 2.05) is 53.4 Å². The van der Waals surface area contributed by atoms with E-state index in [9.17, 15) is 4.79 Å². The first-order chi connectivity index (χ1) is 13.8. The Morgan fingerprint density at radius 1 is 0.821 bits per heavy atom. The Morgan fingerprint density at radius 2 is 1.61 bits per heavy atom. The van der Waals surface area contributed by atoms with Crippen LogP contribution in [0.4, 0.5) is 10.5 Å². The zero-order valence-electron chi connectivity index (χ0n) is 15.4. The van der Waals surface area contributed by atoms with Gasteiger partial charge in [0.1, 0.15) is 0 Å². The van der Waals surface area contributed by atoms with Crippen molar-refractivity contribution in [2.45, 2.75) is 6.54 Å². The summed E-state index contributed by atoms with van der Waals surface area (Å²) in [6, 6.07) is 24.2. The standard InChI is InChI=1S/C23H20N2O3/c26-23-24(12-13-25(23)19-10-11-21-22(14-19)28-16-27-21)15-18-8-4-5-9-20(18)17-6-2-1-3-7-17/h1-11,14H,12-13,15-16H2. The monoisotopic (exact) mass is 372 g/mol. The number of carbonyl (C=O) groups excluding carboxylic acids is 1. The normalized spacial score (nSPS) is 15.4. The minimum absolute atomic E-state index is 0.0155. The molecule has 0 aliphatic carbocycles. The van der Waals surface area contributed by atoms with Gasteiger partial charge in [-0.25, -0.2) is 4.79 Å². The molecule has 0 atom stereocenters. The molecule has 5 rings (SSSR count). The van der Waals surface area contributed by atoms with Crippen molar-refractivity contribution < 1.29 is 14.3 Å². The van der Waals surface area contributed by atoms with E-state index in [0.717, 1.165) is 28.1 Å². The molecule has 0 bridgehead atoms. The topological polar surface area (TPSA) is 42.0 Å². The van der Waals surface area contributed by atoms with Gasteiger partial charge in [-0.1, -0.05) is 54.6 Å². The molecule has 3 aromatic carbocycles. The van der Waals surface area contributed by atoms with E-state index in [1.54, 1.807) is 4.90 Å². The number of urea groups is 1. The van der Waals surface area contributed by atoms with Gasteiger partial charge in [0.25, 0.3) is 0 Å². The van der Waals surface area contributed by atoms with Gasteiger partial charge in [0.05, 0.1) is 0 Å². The first kappa shape index (κ1) is 16.7. The number of hydrogen-bond acceptors (Lipinski definition) is 3. The van der Waals surface area contributed by atoms with Crippen molar-refractivity contribution in [1.29, 1.82) is 0 Å². The third kappa shape index (κ3) is 2.95. The van der Waals surface area contributed by atoms with Crippen molar-refractivity contribution in [2.24, 2.45) is 0 Å². The molecule has 0 unspecified atom stereocenters. The molecular formula is C23H20N2O3. The molecule has 0 N–H and O–H groups in total. The number of nitrogens with zero attached hydrogens (tertiary/aromatic N) is 2. The Labute approximate surface area is 163 Å². The third-order valence-electron chi connectivity index (χ3n) is 5.23. The molecule has 0 saturated carbocycles. The fourth-order valence-corrected chi connectivity index (χ4v) is 3.79. The molecule has 2 amide bonds. The Kier molecular flexibility index (Phi) is 4.13. The third-order valence-corrected chi connectivity index (χ3v) is 5.23. The van der Waals surface area contributed by atoms with Gasteiger partial charge in [0.2, 0.25) is 6.79 Å². The summed E-state index contributed by atoms with van der Waals surface area (Å²) in [4.78, 5) is 16.7. The molecule has 0 spiro atoms. The van der Waals surface area contributed by atoms with Crippen LogP contribution < -0.4 is 14.4 Å². The lowest BCUT2D eigenvalue weighted by molar-refractivity contribution is 0.174. The summed E-state index contributed by atoms with van der Waals surface area (Å²) in [6.45, 7) is 2.17. The summed E-state index contributed by atoms with van der Waals surface area (Å²) >= 11 is 0. The number of amides is 2. The highest BCUT2D eigenvalue weighted by Gasteiger charge is 2.31. The van der Waals surface area contributed by atoms with Crippen LogP contribution >= 0.6 is 0 Å². The average molecular weight is 372 g/mol. The molecule has 1 saturated heterocycles. The molecule has 2 aliphatic heterocycles. The van der Waals surface area contributed by atoms with Gasteiger partial charge in [-0.05, 0) is 28.8 Å². The fraction of sp³-hybridized carbons (Fsp3) is 0.174. The molecule has 140 valence electrons. The van der Waals surface area contributed by atoms with Gasteiger partial charge in [-0.3, -0.25) is 4.90 Å². The minimum Gasteiger partial charge on any atom is -0.454 e. The maximum Gasteiger partial charge on any atom is 0.324 e. The SMILES string of the molecule is O=C1N(Cc2ccccc2-c2ccccc2)CCN1c1ccc2c(c1)OCO2. The number of rotatable bonds is 4. The van der Waals surface area contributed by atoms with Gasteiger partial charge < -0.3 is 14.4 Å². The highest BCUT2D eigenvalue weighted by molar-refractivity contribution is 5.94. The maximum absolute atomic E-state index is 13.0. The van der Waals surface area contributed by atoms with Crippen molar-refractivity contribution in [3.05, 3.63) is 78.4 Å². The van der Waals surface area contributed by atoms with Gasteiger partial charge in [-0.15, -0.1) is 0 Å². The molecule has 5 nitrogen and oxygen atoms in total. The summed E-state index contributed by atoms with van der Waals surface area (Å²) in [5, 5.41) is 0. The van der Waals surface area contributed by atoms with E-state index in [4.69, 9.17) is 9.47 Å². The predicted molar refractivity (Wildman–Crippen MR) is 108 cm³/mol. The maximum atomic E-state index is 13.0. The Balaban J connectivity index is 1.37. The highest BCUT2D eigenvalue weighted by atomic mass is 16.7. The van der Waals surface area contributed by atoms with Crippen LogP contribution in [0.1, 0.15) is 5.56 Å². The zero-order valence-corrected chi connectivity index (χ0v) is 15.4. The van der Waals surface area contributed by atoms with E-state index in [-0.39, 0.29) is 12.8 Å². The van der Waals surface area contributed by atoms with Crippen LogP contribution in [0.2, 0.25) is 0 Å². The second kappa shape index (κ2) is 6.93. The van der Waals surface area contributed by atoms with E-state index in [1.165, 1.54) is 0 Å². The van der Waals surface area contributed by atoms with Crippen molar-refractivity contribution >= 4 is 11.7 Å². The largest absolute Gasteiger partial charge is 0.454 e. The minimum atomic E-state index is 0.0155. The van der Waals surface area contributed by atoms with Crippen LogP contribution in [-0.4, -0.2) is 30.8 Å². The van der Waals surface area contributed by atoms with E-state index >= 15 is 0 Å². The number of fused-ring (bicyclic) bond motifs is 1. The summed E-state index contributed by atoms with van der Waals surface area (Å²) in [6.07, 6.45) is 0. The van der Waals surface area contributed by atoms with Crippen LogP contribution in [0.3, 0.4) is 0 Å². The van der Waals surface area contributed by atoms with Crippen LogP contribution in [0.25, 0.3) is 11.1 Å².